The Morgan fingerprint density at radius 1 is 1.19 bits per heavy atom. The third-order valence-electron chi connectivity index (χ3n) is 3.89. The molecule has 0 unspecified atom stereocenters. The molecule has 1 aromatic carbocycles. The fraction of sp³-hybridized carbons (Fsp3) is 0.500. The Kier molecular flexibility index (Phi) is 5.60. The van der Waals surface area contributed by atoms with Gasteiger partial charge in [0.15, 0.2) is 0 Å². The van der Waals surface area contributed by atoms with Gasteiger partial charge in [-0.05, 0) is 37.7 Å². The number of hydrogen-bond donors (Lipinski definition) is 3. The van der Waals surface area contributed by atoms with Crippen LogP contribution in [0.5, 0.6) is 0 Å². The largest absolute Gasteiger partial charge is 0.481 e. The molecule has 0 radical (unpaired) electrons. The number of hydrogen-bond acceptors (Lipinski definition) is 2. The lowest BCUT2D eigenvalue weighted by molar-refractivity contribution is -0.141. The molecule has 1 aliphatic rings. The zero-order valence-electron chi connectivity index (χ0n) is 12.0. The summed E-state index contributed by atoms with van der Waals surface area (Å²) in [5.41, 5.74) is 1.26. The SMILES string of the molecule is O=C(NCCCc1ccccc1)N[C@H]1CC[C@@H](C(=O)O)C1. The van der Waals surface area contributed by atoms with Crippen LogP contribution in [0.4, 0.5) is 4.79 Å². The maximum absolute atomic E-state index is 11.7. The molecule has 5 heteroatoms. The number of rotatable bonds is 6. The lowest BCUT2D eigenvalue weighted by Crippen LogP contribution is -2.41. The summed E-state index contributed by atoms with van der Waals surface area (Å²) in [5.74, 6) is -1.07. The molecule has 0 bridgehead atoms. The number of amides is 2. The number of aliphatic carboxylic acids is 1. The number of nitrogens with one attached hydrogen (secondary N) is 2. The van der Waals surface area contributed by atoms with Crippen LogP contribution in [0.1, 0.15) is 31.2 Å². The van der Waals surface area contributed by atoms with E-state index in [1.807, 2.05) is 18.2 Å². The number of carboxylic acids is 1. The first-order valence-electron chi connectivity index (χ1n) is 7.46. The maximum Gasteiger partial charge on any atom is 0.315 e. The fourth-order valence-corrected chi connectivity index (χ4v) is 2.71. The number of aryl methyl sites for hydroxylation is 1. The predicted molar refractivity (Wildman–Crippen MR) is 80.1 cm³/mol. The highest BCUT2D eigenvalue weighted by atomic mass is 16.4. The molecule has 3 N–H and O–H groups in total. The third-order valence-corrected chi connectivity index (χ3v) is 3.89. The summed E-state index contributed by atoms with van der Waals surface area (Å²) in [5, 5.41) is 14.6. The summed E-state index contributed by atoms with van der Waals surface area (Å²) in [6, 6.07) is 9.94. The molecular weight excluding hydrogens is 268 g/mol. The van der Waals surface area contributed by atoms with Gasteiger partial charge in [0.05, 0.1) is 5.92 Å². The number of carboxylic acid groups (broad SMARTS) is 1. The summed E-state index contributed by atoms with van der Waals surface area (Å²) in [7, 11) is 0. The van der Waals surface area contributed by atoms with Gasteiger partial charge in [-0.25, -0.2) is 4.79 Å². The van der Waals surface area contributed by atoms with Gasteiger partial charge in [0.1, 0.15) is 0 Å². The van der Waals surface area contributed by atoms with E-state index < -0.39 is 5.97 Å². The number of carbonyl (C=O) groups excluding carboxylic acids is 1. The zero-order chi connectivity index (χ0) is 15.1. The number of carbonyl (C=O) groups is 2. The quantitative estimate of drug-likeness (QED) is 0.703. The molecule has 2 atom stereocenters. The van der Waals surface area contributed by atoms with Gasteiger partial charge in [-0.15, -0.1) is 0 Å². The molecule has 1 saturated carbocycles. The van der Waals surface area contributed by atoms with Gasteiger partial charge >= 0.3 is 12.0 Å². The van der Waals surface area contributed by atoms with Crippen molar-refractivity contribution in [3.05, 3.63) is 35.9 Å². The van der Waals surface area contributed by atoms with Crippen molar-refractivity contribution in [2.75, 3.05) is 6.54 Å². The molecule has 114 valence electrons. The first-order valence-corrected chi connectivity index (χ1v) is 7.46. The summed E-state index contributed by atoms with van der Waals surface area (Å²) in [6.45, 7) is 0.621. The van der Waals surface area contributed by atoms with Gasteiger partial charge in [-0.3, -0.25) is 4.79 Å². The van der Waals surface area contributed by atoms with Crippen molar-refractivity contribution in [1.29, 1.82) is 0 Å². The van der Waals surface area contributed by atoms with Gasteiger partial charge in [0.25, 0.3) is 0 Å². The topological polar surface area (TPSA) is 78.4 Å². The standard InChI is InChI=1S/C16H22N2O3/c19-15(20)13-8-9-14(11-13)18-16(21)17-10-4-7-12-5-2-1-3-6-12/h1-3,5-6,13-14H,4,7-11H2,(H,19,20)(H2,17,18,21)/t13-,14+/m1/s1. The molecule has 2 amide bonds. The summed E-state index contributed by atoms with van der Waals surface area (Å²) < 4.78 is 0. The monoisotopic (exact) mass is 290 g/mol. The predicted octanol–water partition coefficient (Wildman–Crippen LogP) is 2.17. The minimum atomic E-state index is -0.762. The van der Waals surface area contributed by atoms with Crippen LogP contribution in [-0.2, 0) is 11.2 Å². The van der Waals surface area contributed by atoms with Crippen molar-refractivity contribution in [3.63, 3.8) is 0 Å². The molecule has 0 spiro atoms. The van der Waals surface area contributed by atoms with Crippen LogP contribution < -0.4 is 10.6 Å². The molecule has 21 heavy (non-hydrogen) atoms. The summed E-state index contributed by atoms with van der Waals surface area (Å²) >= 11 is 0. The number of benzene rings is 1. The second kappa shape index (κ2) is 7.67. The van der Waals surface area contributed by atoms with E-state index in [0.29, 0.717) is 19.4 Å². The molecule has 1 aliphatic carbocycles. The van der Waals surface area contributed by atoms with Crippen LogP contribution in [0, 0.1) is 5.92 Å². The molecule has 1 aromatic rings. The molecule has 0 aliphatic heterocycles. The van der Waals surface area contributed by atoms with Crippen molar-refractivity contribution >= 4 is 12.0 Å². The van der Waals surface area contributed by atoms with Crippen LogP contribution >= 0.6 is 0 Å². The lowest BCUT2D eigenvalue weighted by atomic mass is 10.1. The highest BCUT2D eigenvalue weighted by Crippen LogP contribution is 2.25. The first kappa shape index (κ1) is 15.4. The van der Waals surface area contributed by atoms with Crippen molar-refractivity contribution in [2.24, 2.45) is 5.92 Å². The molecule has 0 heterocycles. The van der Waals surface area contributed by atoms with Crippen LogP contribution in [0.2, 0.25) is 0 Å². The van der Waals surface area contributed by atoms with Crippen LogP contribution in [-0.4, -0.2) is 29.7 Å². The van der Waals surface area contributed by atoms with Crippen molar-refractivity contribution in [3.8, 4) is 0 Å². The molecule has 1 fully saturated rings. The third kappa shape index (κ3) is 5.10. The second-order valence-corrected chi connectivity index (χ2v) is 5.53. The average Bonchev–Trinajstić information content (AvgIpc) is 2.93. The van der Waals surface area contributed by atoms with E-state index in [1.165, 1.54) is 5.56 Å². The minimum Gasteiger partial charge on any atom is -0.481 e. The zero-order valence-corrected chi connectivity index (χ0v) is 12.0. The van der Waals surface area contributed by atoms with Crippen LogP contribution in [0.25, 0.3) is 0 Å². The average molecular weight is 290 g/mol. The van der Waals surface area contributed by atoms with Crippen LogP contribution in [0.3, 0.4) is 0 Å². The van der Waals surface area contributed by atoms with Crippen LogP contribution in [0.15, 0.2) is 30.3 Å². The summed E-state index contributed by atoms with van der Waals surface area (Å²) in [6.07, 6.45) is 3.75. The van der Waals surface area contributed by atoms with Crippen molar-refractivity contribution in [1.82, 2.24) is 10.6 Å². The van der Waals surface area contributed by atoms with E-state index in [4.69, 9.17) is 5.11 Å². The van der Waals surface area contributed by atoms with E-state index in [2.05, 4.69) is 22.8 Å². The minimum absolute atomic E-state index is 0.0137. The Morgan fingerprint density at radius 3 is 2.62 bits per heavy atom. The Hall–Kier alpha value is -2.04. The Labute approximate surface area is 124 Å². The molecule has 5 nitrogen and oxygen atoms in total. The van der Waals surface area contributed by atoms with Gasteiger partial charge in [0, 0.05) is 12.6 Å². The molecule has 2 rings (SSSR count). The van der Waals surface area contributed by atoms with Crippen molar-refractivity contribution in [2.45, 2.75) is 38.1 Å². The van der Waals surface area contributed by atoms with E-state index >= 15 is 0 Å². The van der Waals surface area contributed by atoms with Crippen molar-refractivity contribution < 1.29 is 14.7 Å². The first-order chi connectivity index (χ1) is 10.1. The van der Waals surface area contributed by atoms with E-state index in [0.717, 1.165) is 19.3 Å². The van der Waals surface area contributed by atoms with E-state index in [-0.39, 0.29) is 18.0 Å². The highest BCUT2D eigenvalue weighted by Gasteiger charge is 2.30. The Morgan fingerprint density at radius 2 is 1.95 bits per heavy atom. The Bertz CT molecular complexity index is 476. The van der Waals surface area contributed by atoms with Gasteiger partial charge in [-0.2, -0.15) is 0 Å². The fourth-order valence-electron chi connectivity index (χ4n) is 2.71. The molecule has 0 saturated heterocycles. The molecular formula is C16H22N2O3. The summed E-state index contributed by atoms with van der Waals surface area (Å²) in [4.78, 5) is 22.6. The maximum atomic E-state index is 11.7. The van der Waals surface area contributed by atoms with Gasteiger partial charge in [-0.1, -0.05) is 30.3 Å². The van der Waals surface area contributed by atoms with E-state index in [9.17, 15) is 9.59 Å². The smallest absolute Gasteiger partial charge is 0.315 e. The number of urea groups is 1. The van der Waals surface area contributed by atoms with Gasteiger partial charge < -0.3 is 15.7 Å². The normalized spacial score (nSPS) is 21.0. The highest BCUT2D eigenvalue weighted by molar-refractivity contribution is 5.75. The Balaban J connectivity index is 1.59. The lowest BCUT2D eigenvalue weighted by Gasteiger charge is -2.13. The van der Waals surface area contributed by atoms with Gasteiger partial charge in [0.2, 0.25) is 0 Å². The van der Waals surface area contributed by atoms with E-state index in [1.54, 1.807) is 0 Å². The second-order valence-electron chi connectivity index (χ2n) is 5.53. The molecule has 0 aromatic heterocycles.